The molecule has 0 heterocycles. The smallest absolute Gasteiger partial charge is 0.262 e. The Labute approximate surface area is 230 Å². The van der Waals surface area contributed by atoms with E-state index in [0.29, 0.717) is 37.7 Å². The van der Waals surface area contributed by atoms with E-state index in [4.69, 9.17) is 44.3 Å². The number of nitrogens with zero attached hydrogens (tertiary/aromatic N) is 1. The van der Waals surface area contributed by atoms with Crippen LogP contribution in [0.1, 0.15) is 35.3 Å². The largest absolute Gasteiger partial charge is 0.493 e. The molecular formula is C27H26Cl3N3O4. The van der Waals surface area contributed by atoms with E-state index in [2.05, 4.69) is 15.8 Å². The second-order valence-corrected chi connectivity index (χ2v) is 9.59. The number of ether oxygens (including phenoxy) is 2. The molecule has 1 atom stereocenters. The molecule has 2 amide bonds. The van der Waals surface area contributed by atoms with Gasteiger partial charge >= 0.3 is 0 Å². The average molecular weight is 563 g/mol. The number of hydrazone groups is 1. The summed E-state index contributed by atoms with van der Waals surface area (Å²) < 4.78 is 11.3. The Morgan fingerprint density at radius 3 is 2.41 bits per heavy atom. The Hall–Kier alpha value is -3.26. The van der Waals surface area contributed by atoms with Gasteiger partial charge in [0.05, 0.1) is 23.9 Å². The van der Waals surface area contributed by atoms with Crippen LogP contribution in [0.4, 0.5) is 0 Å². The molecule has 0 aliphatic rings. The fraction of sp³-hybridized carbons (Fsp3) is 0.222. The number of amides is 2. The summed E-state index contributed by atoms with van der Waals surface area (Å²) in [5.41, 5.74) is 4.21. The quantitative estimate of drug-likeness (QED) is 0.229. The molecule has 0 radical (unpaired) electrons. The summed E-state index contributed by atoms with van der Waals surface area (Å²) in [7, 11) is 1.52. The number of hydrogen-bond donors (Lipinski definition) is 2. The molecule has 194 valence electrons. The zero-order chi connectivity index (χ0) is 26.9. The third-order valence-corrected chi connectivity index (χ3v) is 6.25. The van der Waals surface area contributed by atoms with Crippen LogP contribution in [0.3, 0.4) is 0 Å². The average Bonchev–Trinajstić information content (AvgIpc) is 2.87. The van der Waals surface area contributed by atoms with E-state index in [1.54, 1.807) is 60.7 Å². The number of rotatable bonds is 10. The van der Waals surface area contributed by atoms with E-state index < -0.39 is 17.9 Å². The first-order valence-corrected chi connectivity index (χ1v) is 12.5. The lowest BCUT2D eigenvalue weighted by Crippen LogP contribution is -2.48. The maximum Gasteiger partial charge on any atom is 0.262 e. The van der Waals surface area contributed by atoms with Crippen molar-refractivity contribution in [2.24, 2.45) is 11.0 Å². The zero-order valence-electron chi connectivity index (χ0n) is 20.4. The SMILES string of the molecule is COc1cc(/C=N/NC(=O)C(NC(=O)c2ccccc2Cl)C(C)C)ccc1OCc1ccc(Cl)cc1Cl. The van der Waals surface area contributed by atoms with Gasteiger partial charge in [0.1, 0.15) is 12.6 Å². The van der Waals surface area contributed by atoms with Gasteiger partial charge in [-0.3, -0.25) is 9.59 Å². The maximum absolute atomic E-state index is 12.7. The van der Waals surface area contributed by atoms with E-state index in [9.17, 15) is 9.59 Å². The Morgan fingerprint density at radius 2 is 1.73 bits per heavy atom. The van der Waals surface area contributed by atoms with Crippen LogP contribution in [0.2, 0.25) is 15.1 Å². The summed E-state index contributed by atoms with van der Waals surface area (Å²) in [4.78, 5) is 25.3. The summed E-state index contributed by atoms with van der Waals surface area (Å²) in [5, 5.41) is 8.11. The highest BCUT2D eigenvalue weighted by Crippen LogP contribution is 2.30. The molecule has 3 aromatic carbocycles. The van der Waals surface area contributed by atoms with Crippen molar-refractivity contribution in [3.05, 3.63) is 92.4 Å². The first-order valence-electron chi connectivity index (χ1n) is 11.3. The van der Waals surface area contributed by atoms with Gasteiger partial charge < -0.3 is 14.8 Å². The summed E-state index contributed by atoms with van der Waals surface area (Å²) in [5.74, 6) is -0.0985. The van der Waals surface area contributed by atoms with Crippen molar-refractivity contribution in [1.29, 1.82) is 0 Å². The summed E-state index contributed by atoms with van der Waals surface area (Å²) >= 11 is 18.2. The molecule has 0 aliphatic heterocycles. The van der Waals surface area contributed by atoms with Crippen LogP contribution in [-0.2, 0) is 11.4 Å². The van der Waals surface area contributed by atoms with Crippen LogP contribution >= 0.6 is 34.8 Å². The molecule has 0 spiro atoms. The third-order valence-electron chi connectivity index (χ3n) is 5.33. The Balaban J connectivity index is 1.63. The molecule has 0 saturated heterocycles. The Kier molecular flexibility index (Phi) is 10.2. The number of carbonyl (C=O) groups is 2. The topological polar surface area (TPSA) is 89.0 Å². The lowest BCUT2D eigenvalue weighted by molar-refractivity contribution is -0.123. The maximum atomic E-state index is 12.7. The summed E-state index contributed by atoms with van der Waals surface area (Å²) in [6.45, 7) is 3.87. The first kappa shape index (κ1) is 28.3. The van der Waals surface area contributed by atoms with Gasteiger partial charge in [0, 0.05) is 15.6 Å². The van der Waals surface area contributed by atoms with Crippen LogP contribution in [-0.4, -0.2) is 31.2 Å². The highest BCUT2D eigenvalue weighted by molar-refractivity contribution is 6.35. The van der Waals surface area contributed by atoms with Crippen molar-refractivity contribution in [2.75, 3.05) is 7.11 Å². The van der Waals surface area contributed by atoms with Gasteiger partial charge in [0.15, 0.2) is 11.5 Å². The molecule has 2 N–H and O–H groups in total. The summed E-state index contributed by atoms with van der Waals surface area (Å²) in [6.07, 6.45) is 1.47. The van der Waals surface area contributed by atoms with Crippen LogP contribution in [0.5, 0.6) is 11.5 Å². The van der Waals surface area contributed by atoms with Crippen molar-refractivity contribution < 1.29 is 19.1 Å². The van der Waals surface area contributed by atoms with Crippen molar-refractivity contribution >= 4 is 52.8 Å². The van der Waals surface area contributed by atoms with Crippen molar-refractivity contribution in [2.45, 2.75) is 26.5 Å². The highest BCUT2D eigenvalue weighted by Gasteiger charge is 2.25. The second kappa shape index (κ2) is 13.3. The lowest BCUT2D eigenvalue weighted by Gasteiger charge is -2.20. The van der Waals surface area contributed by atoms with Gasteiger partial charge in [-0.15, -0.1) is 0 Å². The zero-order valence-corrected chi connectivity index (χ0v) is 22.7. The molecule has 3 aromatic rings. The Bertz CT molecular complexity index is 1300. The van der Waals surface area contributed by atoms with Gasteiger partial charge in [-0.1, -0.05) is 66.8 Å². The van der Waals surface area contributed by atoms with Gasteiger partial charge in [-0.25, -0.2) is 5.43 Å². The molecule has 7 nitrogen and oxygen atoms in total. The van der Waals surface area contributed by atoms with Crippen molar-refractivity contribution in [3.8, 4) is 11.5 Å². The second-order valence-electron chi connectivity index (χ2n) is 8.34. The van der Waals surface area contributed by atoms with E-state index in [-0.39, 0.29) is 12.5 Å². The first-order chi connectivity index (χ1) is 17.7. The standard InChI is InChI=1S/C27H26Cl3N3O4/c1-16(2)25(32-26(34)20-6-4-5-7-21(20)29)27(35)33-31-14-17-8-11-23(24(12-17)36-3)37-15-18-9-10-19(28)13-22(18)30/h4-14,16,25H,15H2,1-3H3,(H,32,34)(H,33,35)/b31-14+. The minimum Gasteiger partial charge on any atom is -0.493 e. The molecule has 0 fully saturated rings. The molecular weight excluding hydrogens is 537 g/mol. The predicted molar refractivity (Wildman–Crippen MR) is 147 cm³/mol. The van der Waals surface area contributed by atoms with Crippen LogP contribution in [0, 0.1) is 5.92 Å². The molecule has 0 aromatic heterocycles. The molecule has 0 saturated carbocycles. The predicted octanol–water partition coefficient (Wildman–Crippen LogP) is 6.14. The van der Waals surface area contributed by atoms with Gasteiger partial charge in [0.2, 0.25) is 0 Å². The number of benzene rings is 3. The minimum atomic E-state index is -0.814. The number of hydrogen-bond acceptors (Lipinski definition) is 5. The van der Waals surface area contributed by atoms with E-state index >= 15 is 0 Å². The third kappa shape index (κ3) is 7.86. The van der Waals surface area contributed by atoms with Gasteiger partial charge in [0.25, 0.3) is 11.8 Å². The van der Waals surface area contributed by atoms with Crippen molar-refractivity contribution in [3.63, 3.8) is 0 Å². The van der Waals surface area contributed by atoms with E-state index in [1.807, 2.05) is 13.8 Å². The number of nitrogens with one attached hydrogen (secondary N) is 2. The molecule has 1 unspecified atom stereocenters. The van der Waals surface area contributed by atoms with Crippen LogP contribution < -0.4 is 20.2 Å². The normalized spacial score (nSPS) is 11.9. The lowest BCUT2D eigenvalue weighted by atomic mass is 10.0. The number of halogens is 3. The monoisotopic (exact) mass is 561 g/mol. The molecule has 37 heavy (non-hydrogen) atoms. The summed E-state index contributed by atoms with van der Waals surface area (Å²) in [6, 6.07) is 16.2. The van der Waals surface area contributed by atoms with Gasteiger partial charge in [-0.2, -0.15) is 5.10 Å². The van der Waals surface area contributed by atoms with Crippen molar-refractivity contribution in [1.82, 2.24) is 10.7 Å². The number of methoxy groups -OCH3 is 1. The minimum absolute atomic E-state index is 0.188. The molecule has 10 heteroatoms. The van der Waals surface area contributed by atoms with E-state index in [0.717, 1.165) is 5.56 Å². The fourth-order valence-electron chi connectivity index (χ4n) is 3.32. The number of carbonyl (C=O) groups excluding carboxylic acids is 2. The fourth-order valence-corrected chi connectivity index (χ4v) is 4.00. The highest BCUT2D eigenvalue weighted by atomic mass is 35.5. The molecule has 0 bridgehead atoms. The Morgan fingerprint density at radius 1 is 0.973 bits per heavy atom. The van der Waals surface area contributed by atoms with Crippen LogP contribution in [0.25, 0.3) is 0 Å². The van der Waals surface area contributed by atoms with E-state index in [1.165, 1.54) is 13.3 Å². The molecule has 0 aliphatic carbocycles. The molecule has 3 rings (SSSR count). The van der Waals surface area contributed by atoms with Crippen LogP contribution in [0.15, 0.2) is 65.8 Å². The van der Waals surface area contributed by atoms with Gasteiger partial charge in [-0.05, 0) is 53.9 Å².